The van der Waals surface area contributed by atoms with Crippen LogP contribution in [0.1, 0.15) is 15.9 Å². The molecule has 1 amide bonds. The number of esters is 1. The summed E-state index contributed by atoms with van der Waals surface area (Å²) in [4.78, 5) is 26.1. The fourth-order valence-electron chi connectivity index (χ4n) is 2.66. The van der Waals surface area contributed by atoms with E-state index in [2.05, 4.69) is 0 Å². The average molecular weight is 406 g/mol. The average Bonchev–Trinajstić information content (AvgIpc) is 2.72. The summed E-state index contributed by atoms with van der Waals surface area (Å²) in [7, 11) is 3.11. The summed E-state index contributed by atoms with van der Waals surface area (Å²) in [6, 6.07) is 10.2. The Balaban J connectivity index is 1.60. The van der Waals surface area contributed by atoms with Gasteiger partial charge in [0.05, 0.1) is 12.7 Å². The summed E-state index contributed by atoms with van der Waals surface area (Å²) >= 11 is 5.86. The molecule has 0 N–H and O–H groups in total. The van der Waals surface area contributed by atoms with Gasteiger partial charge in [-0.05, 0) is 29.8 Å². The van der Waals surface area contributed by atoms with Crippen molar-refractivity contribution >= 4 is 23.5 Å². The molecule has 7 nitrogen and oxygen atoms in total. The minimum Gasteiger partial charge on any atom is -0.493 e. The molecule has 3 rings (SSSR count). The lowest BCUT2D eigenvalue weighted by Crippen LogP contribution is -2.30. The normalized spacial score (nSPS) is 12.2. The van der Waals surface area contributed by atoms with Gasteiger partial charge in [0, 0.05) is 18.6 Å². The van der Waals surface area contributed by atoms with E-state index in [0.717, 1.165) is 5.56 Å². The van der Waals surface area contributed by atoms with Gasteiger partial charge in [-0.3, -0.25) is 4.79 Å². The minimum absolute atomic E-state index is 0.217. The van der Waals surface area contributed by atoms with Crippen molar-refractivity contribution < 1.29 is 28.5 Å². The zero-order chi connectivity index (χ0) is 20.1. The van der Waals surface area contributed by atoms with Crippen LogP contribution in [-0.4, -0.2) is 50.8 Å². The predicted octanol–water partition coefficient (Wildman–Crippen LogP) is 2.94. The fourth-order valence-corrected chi connectivity index (χ4v) is 2.79. The molecule has 0 saturated carbocycles. The quantitative estimate of drug-likeness (QED) is 0.688. The molecule has 1 aliphatic rings. The van der Waals surface area contributed by atoms with Gasteiger partial charge in [-0.25, -0.2) is 4.79 Å². The molecule has 0 radical (unpaired) electrons. The van der Waals surface area contributed by atoms with Crippen molar-refractivity contribution in [3.63, 3.8) is 0 Å². The smallest absolute Gasteiger partial charge is 0.338 e. The maximum Gasteiger partial charge on any atom is 0.338 e. The number of methoxy groups -OCH3 is 1. The van der Waals surface area contributed by atoms with E-state index in [1.54, 1.807) is 19.2 Å². The number of halogens is 1. The van der Waals surface area contributed by atoms with Crippen LogP contribution in [0.25, 0.3) is 0 Å². The van der Waals surface area contributed by atoms with Crippen LogP contribution in [0.15, 0.2) is 36.4 Å². The Morgan fingerprint density at radius 3 is 2.57 bits per heavy atom. The molecule has 148 valence electrons. The van der Waals surface area contributed by atoms with Crippen LogP contribution >= 0.6 is 11.6 Å². The first-order valence-electron chi connectivity index (χ1n) is 8.61. The minimum atomic E-state index is -0.650. The highest BCUT2D eigenvalue weighted by molar-refractivity contribution is 6.30. The Kier molecular flexibility index (Phi) is 6.26. The SMILES string of the molecule is COc1cc(C(=O)OCC(=O)N(C)Cc2ccc(Cl)cc2)cc2c1OCCO2. The third kappa shape index (κ3) is 4.67. The largest absolute Gasteiger partial charge is 0.493 e. The van der Waals surface area contributed by atoms with Crippen molar-refractivity contribution in [1.29, 1.82) is 0 Å². The molecule has 1 heterocycles. The monoisotopic (exact) mass is 405 g/mol. The first-order valence-corrected chi connectivity index (χ1v) is 8.99. The Morgan fingerprint density at radius 2 is 1.86 bits per heavy atom. The number of hydrogen-bond acceptors (Lipinski definition) is 6. The van der Waals surface area contributed by atoms with E-state index in [9.17, 15) is 9.59 Å². The zero-order valence-electron chi connectivity index (χ0n) is 15.6. The van der Waals surface area contributed by atoms with Crippen LogP contribution in [-0.2, 0) is 16.1 Å². The summed E-state index contributed by atoms with van der Waals surface area (Å²) in [5.41, 5.74) is 1.14. The molecule has 0 aliphatic carbocycles. The second kappa shape index (κ2) is 8.84. The van der Waals surface area contributed by atoms with Crippen LogP contribution in [0.3, 0.4) is 0 Å². The van der Waals surface area contributed by atoms with Gasteiger partial charge in [-0.1, -0.05) is 23.7 Å². The molecule has 0 fully saturated rings. The number of fused-ring (bicyclic) bond motifs is 1. The molecule has 0 spiro atoms. The van der Waals surface area contributed by atoms with Gasteiger partial charge in [0.2, 0.25) is 5.75 Å². The summed E-state index contributed by atoms with van der Waals surface area (Å²) < 4.78 is 21.4. The second-order valence-corrected chi connectivity index (χ2v) is 6.59. The van der Waals surface area contributed by atoms with E-state index < -0.39 is 5.97 Å². The van der Waals surface area contributed by atoms with Crippen LogP contribution in [0.4, 0.5) is 0 Å². The lowest BCUT2D eigenvalue weighted by atomic mass is 10.1. The molecular formula is C20H20ClNO6. The maximum absolute atomic E-state index is 12.4. The maximum atomic E-state index is 12.4. The Hall–Kier alpha value is -2.93. The van der Waals surface area contributed by atoms with Crippen molar-refractivity contribution in [2.75, 3.05) is 34.0 Å². The first-order chi connectivity index (χ1) is 13.5. The van der Waals surface area contributed by atoms with E-state index in [1.165, 1.54) is 24.1 Å². The van der Waals surface area contributed by atoms with Gasteiger partial charge in [-0.2, -0.15) is 0 Å². The fraction of sp³-hybridized carbons (Fsp3) is 0.300. The number of ether oxygens (including phenoxy) is 4. The highest BCUT2D eigenvalue weighted by Gasteiger charge is 2.22. The number of carbonyl (C=O) groups is 2. The third-order valence-corrected chi connectivity index (χ3v) is 4.40. The van der Waals surface area contributed by atoms with Crippen LogP contribution in [0.5, 0.6) is 17.2 Å². The van der Waals surface area contributed by atoms with Crippen molar-refractivity contribution in [2.24, 2.45) is 0 Å². The number of carbonyl (C=O) groups excluding carboxylic acids is 2. The lowest BCUT2D eigenvalue weighted by Gasteiger charge is -2.21. The van der Waals surface area contributed by atoms with Gasteiger partial charge < -0.3 is 23.8 Å². The van der Waals surface area contributed by atoms with Crippen molar-refractivity contribution in [3.05, 3.63) is 52.5 Å². The Morgan fingerprint density at radius 1 is 1.14 bits per heavy atom. The van der Waals surface area contributed by atoms with Crippen molar-refractivity contribution in [2.45, 2.75) is 6.54 Å². The van der Waals surface area contributed by atoms with Gasteiger partial charge in [0.25, 0.3) is 5.91 Å². The standard InChI is InChI=1S/C20H20ClNO6/c1-22(11-13-3-5-15(21)6-4-13)18(23)12-28-20(24)14-9-16(25-2)19-17(10-14)26-7-8-27-19/h3-6,9-10H,7-8,11-12H2,1-2H3. The summed E-state index contributed by atoms with van der Waals surface area (Å²) in [6.45, 7) is 0.787. The van der Waals surface area contributed by atoms with Crippen LogP contribution in [0.2, 0.25) is 5.02 Å². The molecule has 0 saturated heterocycles. The topological polar surface area (TPSA) is 74.3 Å². The predicted molar refractivity (Wildman–Crippen MR) is 102 cm³/mol. The molecule has 2 aromatic rings. The molecule has 8 heteroatoms. The van der Waals surface area contributed by atoms with E-state index in [-0.39, 0.29) is 18.1 Å². The lowest BCUT2D eigenvalue weighted by molar-refractivity contribution is -0.133. The molecule has 0 bridgehead atoms. The number of amides is 1. The molecular weight excluding hydrogens is 386 g/mol. The second-order valence-electron chi connectivity index (χ2n) is 6.16. The van der Waals surface area contributed by atoms with E-state index >= 15 is 0 Å². The highest BCUT2D eigenvalue weighted by Crippen LogP contribution is 2.40. The van der Waals surface area contributed by atoms with Gasteiger partial charge in [0.15, 0.2) is 18.1 Å². The van der Waals surface area contributed by atoms with E-state index in [4.69, 9.17) is 30.5 Å². The van der Waals surface area contributed by atoms with Crippen molar-refractivity contribution in [3.8, 4) is 17.2 Å². The molecule has 0 atom stereocenters. The molecule has 28 heavy (non-hydrogen) atoms. The summed E-state index contributed by atoms with van der Waals surface area (Å²) in [5.74, 6) is 0.250. The summed E-state index contributed by atoms with van der Waals surface area (Å²) in [5, 5.41) is 0.626. The summed E-state index contributed by atoms with van der Waals surface area (Å²) in [6.07, 6.45) is 0. The number of rotatable bonds is 6. The number of hydrogen-bond donors (Lipinski definition) is 0. The first kappa shape index (κ1) is 19.8. The molecule has 0 unspecified atom stereocenters. The third-order valence-electron chi connectivity index (χ3n) is 4.15. The van der Waals surface area contributed by atoms with Gasteiger partial charge in [-0.15, -0.1) is 0 Å². The Bertz CT molecular complexity index is 850. The van der Waals surface area contributed by atoms with Gasteiger partial charge >= 0.3 is 5.97 Å². The molecule has 1 aliphatic heterocycles. The number of nitrogens with zero attached hydrogens (tertiary/aromatic N) is 1. The van der Waals surface area contributed by atoms with Crippen LogP contribution in [0, 0.1) is 0 Å². The molecule has 2 aromatic carbocycles. The zero-order valence-corrected chi connectivity index (χ0v) is 16.3. The van der Waals surface area contributed by atoms with E-state index in [0.29, 0.717) is 42.0 Å². The van der Waals surface area contributed by atoms with E-state index in [1.807, 2.05) is 12.1 Å². The highest BCUT2D eigenvalue weighted by atomic mass is 35.5. The van der Waals surface area contributed by atoms with Crippen LogP contribution < -0.4 is 14.2 Å². The molecule has 0 aromatic heterocycles. The van der Waals surface area contributed by atoms with Crippen molar-refractivity contribution in [1.82, 2.24) is 4.90 Å². The Labute approximate surface area is 167 Å². The number of likely N-dealkylation sites (N-methyl/N-ethyl adjacent to an activating group) is 1. The van der Waals surface area contributed by atoms with Gasteiger partial charge in [0.1, 0.15) is 13.2 Å². The number of benzene rings is 2.